The van der Waals surface area contributed by atoms with Crippen molar-refractivity contribution in [3.8, 4) is 0 Å². The van der Waals surface area contributed by atoms with Crippen molar-refractivity contribution in [1.82, 2.24) is 0 Å². The normalized spacial score (nSPS) is 33.2. The van der Waals surface area contributed by atoms with Crippen LogP contribution in [0.4, 0.5) is 0 Å². The number of hydrogen-bond acceptors (Lipinski definition) is 2. The zero-order valence-electron chi connectivity index (χ0n) is 8.61. The third kappa shape index (κ3) is 1.25. The molecular weight excluding hydrogens is 188 g/mol. The second kappa shape index (κ2) is 3.17. The minimum atomic E-state index is -0.184. The number of rotatable bonds is 1. The maximum absolute atomic E-state index is 10.7. The Hall–Kier alpha value is -1.15. The van der Waals surface area contributed by atoms with E-state index >= 15 is 0 Å². The summed E-state index contributed by atoms with van der Waals surface area (Å²) in [6, 6.07) is 8.45. The summed E-state index contributed by atoms with van der Waals surface area (Å²) in [5, 5.41) is 0. The van der Waals surface area contributed by atoms with Crippen LogP contribution in [0.5, 0.6) is 0 Å². The summed E-state index contributed by atoms with van der Waals surface area (Å²) in [6.07, 6.45) is 4.75. The SMILES string of the molecule is O=CC1CCC2(CCc3ccccc32)O1. The van der Waals surface area contributed by atoms with Gasteiger partial charge in [0.1, 0.15) is 12.4 Å². The standard InChI is InChI=1S/C13H14O2/c14-9-11-6-8-13(15-11)7-5-10-3-1-2-4-12(10)13/h1-4,9,11H,5-8H2. The molecule has 1 aromatic rings. The summed E-state index contributed by atoms with van der Waals surface area (Å²) in [5.41, 5.74) is 2.57. The van der Waals surface area contributed by atoms with Crippen LogP contribution in [0.3, 0.4) is 0 Å². The Bertz CT molecular complexity index is 399. The molecule has 0 N–H and O–H groups in total. The van der Waals surface area contributed by atoms with Gasteiger partial charge in [-0.25, -0.2) is 0 Å². The largest absolute Gasteiger partial charge is 0.360 e. The van der Waals surface area contributed by atoms with Crippen molar-refractivity contribution in [2.45, 2.75) is 37.4 Å². The molecule has 1 saturated heterocycles. The van der Waals surface area contributed by atoms with Crippen LogP contribution in [0.15, 0.2) is 24.3 Å². The van der Waals surface area contributed by atoms with Gasteiger partial charge in [-0.15, -0.1) is 0 Å². The number of carbonyl (C=O) groups is 1. The van der Waals surface area contributed by atoms with Crippen LogP contribution in [0.2, 0.25) is 0 Å². The summed E-state index contributed by atoms with van der Waals surface area (Å²) in [7, 11) is 0. The summed E-state index contributed by atoms with van der Waals surface area (Å²) >= 11 is 0. The topological polar surface area (TPSA) is 26.3 Å². The minimum Gasteiger partial charge on any atom is -0.360 e. The molecule has 1 aliphatic heterocycles. The number of carbonyl (C=O) groups excluding carboxylic acids is 1. The molecule has 0 radical (unpaired) electrons. The van der Waals surface area contributed by atoms with Crippen molar-refractivity contribution in [2.24, 2.45) is 0 Å². The highest BCUT2D eigenvalue weighted by molar-refractivity contribution is 5.57. The zero-order chi connectivity index (χ0) is 10.3. The predicted molar refractivity (Wildman–Crippen MR) is 56.6 cm³/mol. The van der Waals surface area contributed by atoms with E-state index in [1.54, 1.807) is 0 Å². The zero-order valence-corrected chi connectivity index (χ0v) is 8.61. The van der Waals surface area contributed by atoms with Crippen molar-refractivity contribution in [2.75, 3.05) is 0 Å². The molecule has 2 unspecified atom stereocenters. The average Bonchev–Trinajstić information content (AvgIpc) is 2.86. The second-order valence-corrected chi connectivity index (χ2v) is 4.48. The summed E-state index contributed by atoms with van der Waals surface area (Å²) in [4.78, 5) is 10.7. The Morgan fingerprint density at radius 2 is 2.20 bits per heavy atom. The molecule has 2 nitrogen and oxygen atoms in total. The number of fused-ring (bicyclic) bond motifs is 2. The Labute approximate surface area is 89.2 Å². The van der Waals surface area contributed by atoms with Crippen LogP contribution >= 0.6 is 0 Å². The molecule has 15 heavy (non-hydrogen) atoms. The predicted octanol–water partition coefficient (Wildman–Crippen LogP) is 2.21. The van der Waals surface area contributed by atoms with Gasteiger partial charge in [0.15, 0.2) is 0 Å². The fraction of sp³-hybridized carbons (Fsp3) is 0.462. The Kier molecular flexibility index (Phi) is 1.93. The lowest BCUT2D eigenvalue weighted by molar-refractivity contribution is -0.123. The molecule has 1 aliphatic carbocycles. The maximum Gasteiger partial charge on any atom is 0.148 e. The molecule has 0 amide bonds. The van der Waals surface area contributed by atoms with Gasteiger partial charge in [-0.3, -0.25) is 0 Å². The van der Waals surface area contributed by atoms with E-state index in [1.807, 2.05) is 0 Å². The second-order valence-electron chi connectivity index (χ2n) is 4.48. The monoisotopic (exact) mass is 202 g/mol. The molecule has 2 atom stereocenters. The van der Waals surface area contributed by atoms with Crippen LogP contribution < -0.4 is 0 Å². The van der Waals surface area contributed by atoms with Gasteiger partial charge in [-0.05, 0) is 36.8 Å². The van der Waals surface area contributed by atoms with E-state index in [4.69, 9.17) is 4.74 Å². The van der Waals surface area contributed by atoms with Gasteiger partial charge in [0.05, 0.1) is 5.60 Å². The first kappa shape index (κ1) is 9.10. The number of benzene rings is 1. The lowest BCUT2D eigenvalue weighted by atomic mass is 9.93. The van der Waals surface area contributed by atoms with E-state index in [0.29, 0.717) is 0 Å². The minimum absolute atomic E-state index is 0.137. The van der Waals surface area contributed by atoms with E-state index < -0.39 is 0 Å². The molecule has 0 saturated carbocycles. The molecule has 1 fully saturated rings. The molecule has 1 aromatic carbocycles. The van der Waals surface area contributed by atoms with Gasteiger partial charge in [0, 0.05) is 0 Å². The van der Waals surface area contributed by atoms with E-state index in [0.717, 1.165) is 32.0 Å². The number of aldehydes is 1. The van der Waals surface area contributed by atoms with E-state index in [-0.39, 0.29) is 11.7 Å². The van der Waals surface area contributed by atoms with Crippen LogP contribution in [-0.2, 0) is 21.6 Å². The van der Waals surface area contributed by atoms with E-state index in [2.05, 4.69) is 24.3 Å². The van der Waals surface area contributed by atoms with Gasteiger partial charge in [-0.1, -0.05) is 24.3 Å². The Balaban J connectivity index is 2.00. The maximum atomic E-state index is 10.7. The van der Waals surface area contributed by atoms with E-state index in [1.165, 1.54) is 11.1 Å². The lowest BCUT2D eigenvalue weighted by Gasteiger charge is -2.24. The summed E-state index contributed by atoms with van der Waals surface area (Å²) in [5.74, 6) is 0. The van der Waals surface area contributed by atoms with Gasteiger partial charge in [0.25, 0.3) is 0 Å². The molecule has 3 rings (SSSR count). The van der Waals surface area contributed by atoms with Gasteiger partial charge in [-0.2, -0.15) is 0 Å². The first-order valence-electron chi connectivity index (χ1n) is 5.56. The Morgan fingerprint density at radius 1 is 1.33 bits per heavy atom. The van der Waals surface area contributed by atoms with Crippen molar-refractivity contribution in [3.05, 3.63) is 35.4 Å². The van der Waals surface area contributed by atoms with E-state index in [9.17, 15) is 4.79 Å². The van der Waals surface area contributed by atoms with Crippen LogP contribution in [0.25, 0.3) is 0 Å². The highest BCUT2D eigenvalue weighted by Gasteiger charge is 2.45. The Morgan fingerprint density at radius 3 is 3.00 bits per heavy atom. The highest BCUT2D eigenvalue weighted by atomic mass is 16.5. The molecular formula is C13H14O2. The third-order valence-corrected chi connectivity index (χ3v) is 3.67. The number of ether oxygens (including phenoxy) is 1. The van der Waals surface area contributed by atoms with Crippen LogP contribution in [0, 0.1) is 0 Å². The number of hydrogen-bond donors (Lipinski definition) is 0. The molecule has 2 aliphatic rings. The molecule has 2 heteroatoms. The van der Waals surface area contributed by atoms with Gasteiger partial charge >= 0.3 is 0 Å². The smallest absolute Gasteiger partial charge is 0.148 e. The highest BCUT2D eigenvalue weighted by Crippen LogP contribution is 2.48. The van der Waals surface area contributed by atoms with Crippen LogP contribution in [-0.4, -0.2) is 12.4 Å². The van der Waals surface area contributed by atoms with Crippen molar-refractivity contribution < 1.29 is 9.53 Å². The molecule has 0 aromatic heterocycles. The van der Waals surface area contributed by atoms with Gasteiger partial charge < -0.3 is 9.53 Å². The van der Waals surface area contributed by atoms with Crippen molar-refractivity contribution in [1.29, 1.82) is 0 Å². The number of aryl methyl sites for hydroxylation is 1. The first-order chi connectivity index (χ1) is 7.34. The average molecular weight is 202 g/mol. The first-order valence-corrected chi connectivity index (χ1v) is 5.56. The summed E-state index contributed by atoms with van der Waals surface area (Å²) in [6.45, 7) is 0. The fourth-order valence-electron chi connectivity index (χ4n) is 2.91. The molecule has 1 spiro atoms. The summed E-state index contributed by atoms with van der Waals surface area (Å²) < 4.78 is 5.92. The van der Waals surface area contributed by atoms with Gasteiger partial charge in [0.2, 0.25) is 0 Å². The fourth-order valence-corrected chi connectivity index (χ4v) is 2.91. The molecule has 78 valence electrons. The molecule has 0 bridgehead atoms. The third-order valence-electron chi connectivity index (χ3n) is 3.67. The van der Waals surface area contributed by atoms with Crippen LogP contribution in [0.1, 0.15) is 30.4 Å². The van der Waals surface area contributed by atoms with Crippen molar-refractivity contribution in [3.63, 3.8) is 0 Å². The van der Waals surface area contributed by atoms with Crippen molar-refractivity contribution >= 4 is 6.29 Å². The quantitative estimate of drug-likeness (QED) is 0.653. The lowest BCUT2D eigenvalue weighted by Crippen LogP contribution is -2.23. The molecule has 1 heterocycles.